The number of anilines is 2. The Labute approximate surface area is 172 Å². The fourth-order valence-electron chi connectivity index (χ4n) is 3.32. The van der Waals surface area contributed by atoms with Gasteiger partial charge in [0.05, 0.1) is 18.0 Å². The number of benzene rings is 2. The summed E-state index contributed by atoms with van der Waals surface area (Å²) in [5.74, 6) is 0.725. The number of ketones is 1. The minimum atomic E-state index is -0.0119. The zero-order valence-corrected chi connectivity index (χ0v) is 17.2. The highest BCUT2D eigenvalue weighted by Crippen LogP contribution is 2.26. The number of carbonyl (C=O) groups is 2. The summed E-state index contributed by atoms with van der Waals surface area (Å²) >= 11 is 0. The summed E-state index contributed by atoms with van der Waals surface area (Å²) in [6, 6.07) is 15.0. The lowest BCUT2D eigenvalue weighted by atomic mass is 10.1. The second kappa shape index (κ2) is 10.1. The molecule has 2 aromatic carbocycles. The highest BCUT2D eigenvalue weighted by molar-refractivity contribution is 5.94. The zero-order chi connectivity index (χ0) is 20.6. The fourth-order valence-corrected chi connectivity index (χ4v) is 3.32. The smallest absolute Gasteiger partial charge is 0.224 e. The van der Waals surface area contributed by atoms with Crippen molar-refractivity contribution < 1.29 is 14.3 Å². The molecule has 0 aliphatic carbocycles. The highest BCUT2D eigenvalue weighted by atomic mass is 16.5. The number of para-hydroxylation sites is 2. The minimum absolute atomic E-state index is 0.0119. The number of rotatable bonds is 8. The van der Waals surface area contributed by atoms with E-state index in [1.165, 1.54) is 6.92 Å². The van der Waals surface area contributed by atoms with Gasteiger partial charge in [-0.25, -0.2) is 0 Å². The third kappa shape index (κ3) is 6.06. The molecule has 1 saturated heterocycles. The topological polar surface area (TPSA) is 61.9 Å². The van der Waals surface area contributed by atoms with E-state index in [1.54, 1.807) is 24.3 Å². The van der Waals surface area contributed by atoms with Crippen LogP contribution in [0, 0.1) is 0 Å². The largest absolute Gasteiger partial charge is 0.494 e. The minimum Gasteiger partial charge on any atom is -0.494 e. The lowest BCUT2D eigenvalue weighted by Gasteiger charge is -2.35. The third-order valence-electron chi connectivity index (χ3n) is 5.10. The zero-order valence-electron chi connectivity index (χ0n) is 17.2. The second-order valence-corrected chi connectivity index (χ2v) is 7.39. The normalized spacial score (nSPS) is 14.5. The average Bonchev–Trinajstić information content (AvgIpc) is 2.73. The van der Waals surface area contributed by atoms with Crippen LogP contribution in [0.3, 0.4) is 0 Å². The number of piperazine rings is 1. The fraction of sp³-hybridized carbons (Fsp3) is 0.391. The van der Waals surface area contributed by atoms with E-state index in [4.69, 9.17) is 4.74 Å². The van der Waals surface area contributed by atoms with Crippen molar-refractivity contribution in [3.8, 4) is 5.75 Å². The van der Waals surface area contributed by atoms with Crippen LogP contribution in [0.4, 0.5) is 11.4 Å². The summed E-state index contributed by atoms with van der Waals surface area (Å²) in [5, 5.41) is 3.05. The SMILES string of the molecule is CC(=O)c1ccc(OCCCC(=O)Nc2ccccc2N2CCN(C)CC2)cc1. The molecule has 29 heavy (non-hydrogen) atoms. The van der Waals surface area contributed by atoms with Crippen LogP contribution in [0.1, 0.15) is 30.1 Å². The number of nitrogens with one attached hydrogen (secondary N) is 1. The molecule has 1 fully saturated rings. The monoisotopic (exact) mass is 395 g/mol. The van der Waals surface area contributed by atoms with Gasteiger partial charge in [-0.3, -0.25) is 9.59 Å². The molecule has 1 aliphatic heterocycles. The first-order valence-electron chi connectivity index (χ1n) is 10.1. The van der Waals surface area contributed by atoms with Crippen molar-refractivity contribution in [2.45, 2.75) is 19.8 Å². The summed E-state index contributed by atoms with van der Waals surface area (Å²) in [6.07, 6.45) is 1.01. The Kier molecular flexibility index (Phi) is 7.25. The van der Waals surface area contributed by atoms with E-state index in [9.17, 15) is 9.59 Å². The Hall–Kier alpha value is -2.86. The summed E-state index contributed by atoms with van der Waals surface area (Å²) in [5.41, 5.74) is 2.61. The number of Topliss-reactive ketones (excluding diaryl/α,β-unsaturated/α-hetero) is 1. The number of likely N-dealkylation sites (N-methyl/N-ethyl adjacent to an activating group) is 1. The molecular weight excluding hydrogens is 366 g/mol. The molecule has 1 amide bonds. The summed E-state index contributed by atoms with van der Waals surface area (Å²) in [7, 11) is 2.13. The first-order chi connectivity index (χ1) is 14.0. The number of ether oxygens (including phenoxy) is 1. The maximum atomic E-state index is 12.4. The Morgan fingerprint density at radius 2 is 1.69 bits per heavy atom. The van der Waals surface area contributed by atoms with Crippen molar-refractivity contribution >= 4 is 23.1 Å². The molecule has 0 bridgehead atoms. The van der Waals surface area contributed by atoms with Gasteiger partial charge in [0.15, 0.2) is 5.78 Å². The average molecular weight is 396 g/mol. The molecule has 3 rings (SSSR count). The van der Waals surface area contributed by atoms with Crippen molar-refractivity contribution in [1.29, 1.82) is 0 Å². The van der Waals surface area contributed by atoms with Crippen LogP contribution in [-0.4, -0.2) is 56.4 Å². The number of carbonyl (C=O) groups excluding carboxylic acids is 2. The number of hydrogen-bond donors (Lipinski definition) is 1. The van der Waals surface area contributed by atoms with E-state index in [1.807, 2.05) is 18.2 Å². The molecule has 6 nitrogen and oxygen atoms in total. The van der Waals surface area contributed by atoms with Gasteiger partial charge in [0, 0.05) is 38.2 Å². The van der Waals surface area contributed by atoms with Gasteiger partial charge >= 0.3 is 0 Å². The lowest BCUT2D eigenvalue weighted by molar-refractivity contribution is -0.116. The van der Waals surface area contributed by atoms with Gasteiger partial charge in [-0.2, -0.15) is 0 Å². The van der Waals surface area contributed by atoms with Gasteiger partial charge < -0.3 is 19.9 Å². The van der Waals surface area contributed by atoms with Crippen molar-refractivity contribution in [1.82, 2.24) is 4.90 Å². The summed E-state index contributed by atoms with van der Waals surface area (Å²) in [4.78, 5) is 28.3. The standard InChI is InChI=1S/C23H29N3O3/c1-18(27)19-9-11-20(12-10-19)29-17-5-8-23(28)24-21-6-3-4-7-22(21)26-15-13-25(2)14-16-26/h3-4,6-7,9-12H,5,8,13-17H2,1-2H3,(H,24,28). The maximum absolute atomic E-state index is 12.4. The van der Waals surface area contributed by atoms with E-state index in [2.05, 4.69) is 28.2 Å². The Morgan fingerprint density at radius 3 is 2.38 bits per heavy atom. The van der Waals surface area contributed by atoms with E-state index in [0.29, 0.717) is 30.8 Å². The molecule has 0 saturated carbocycles. The Balaban J connectivity index is 1.45. The molecule has 6 heteroatoms. The molecule has 1 heterocycles. The lowest BCUT2D eigenvalue weighted by Crippen LogP contribution is -2.44. The Morgan fingerprint density at radius 1 is 1.00 bits per heavy atom. The van der Waals surface area contributed by atoms with Crippen molar-refractivity contribution in [2.75, 3.05) is 50.1 Å². The van der Waals surface area contributed by atoms with Crippen LogP contribution in [0.25, 0.3) is 0 Å². The predicted octanol–water partition coefficient (Wildman–Crippen LogP) is 3.44. The first-order valence-corrected chi connectivity index (χ1v) is 10.1. The van der Waals surface area contributed by atoms with E-state index >= 15 is 0 Å². The van der Waals surface area contributed by atoms with Crippen LogP contribution in [0.5, 0.6) is 5.75 Å². The van der Waals surface area contributed by atoms with Crippen LogP contribution >= 0.6 is 0 Å². The first kappa shape index (κ1) is 20.9. The summed E-state index contributed by atoms with van der Waals surface area (Å²) < 4.78 is 5.67. The Bertz CT molecular complexity index is 828. The van der Waals surface area contributed by atoms with E-state index in [-0.39, 0.29) is 11.7 Å². The van der Waals surface area contributed by atoms with E-state index < -0.39 is 0 Å². The van der Waals surface area contributed by atoms with Crippen molar-refractivity contribution in [3.05, 3.63) is 54.1 Å². The number of nitrogens with zero attached hydrogens (tertiary/aromatic N) is 2. The van der Waals surface area contributed by atoms with Crippen LogP contribution < -0.4 is 15.0 Å². The molecule has 154 valence electrons. The van der Waals surface area contributed by atoms with Gasteiger partial charge in [0.25, 0.3) is 0 Å². The van der Waals surface area contributed by atoms with Gasteiger partial charge in [-0.1, -0.05) is 12.1 Å². The second-order valence-electron chi connectivity index (χ2n) is 7.39. The van der Waals surface area contributed by atoms with Crippen molar-refractivity contribution in [2.24, 2.45) is 0 Å². The van der Waals surface area contributed by atoms with Crippen molar-refractivity contribution in [3.63, 3.8) is 0 Å². The molecule has 0 atom stereocenters. The highest BCUT2D eigenvalue weighted by Gasteiger charge is 2.17. The van der Waals surface area contributed by atoms with E-state index in [0.717, 1.165) is 37.6 Å². The predicted molar refractivity (Wildman–Crippen MR) is 116 cm³/mol. The van der Waals surface area contributed by atoms with Gasteiger partial charge in [-0.05, 0) is 56.8 Å². The quantitative estimate of drug-likeness (QED) is 0.548. The molecular formula is C23H29N3O3. The van der Waals surface area contributed by atoms with Gasteiger partial charge in [-0.15, -0.1) is 0 Å². The molecule has 0 unspecified atom stereocenters. The van der Waals surface area contributed by atoms with Gasteiger partial charge in [0.1, 0.15) is 5.75 Å². The molecule has 0 aromatic heterocycles. The molecule has 0 spiro atoms. The summed E-state index contributed by atoms with van der Waals surface area (Å²) in [6.45, 7) is 5.95. The number of hydrogen-bond acceptors (Lipinski definition) is 5. The maximum Gasteiger partial charge on any atom is 0.224 e. The van der Waals surface area contributed by atoms with Crippen LogP contribution in [0.15, 0.2) is 48.5 Å². The van der Waals surface area contributed by atoms with Crippen LogP contribution in [0.2, 0.25) is 0 Å². The van der Waals surface area contributed by atoms with Gasteiger partial charge in [0.2, 0.25) is 5.91 Å². The molecule has 2 aromatic rings. The third-order valence-corrected chi connectivity index (χ3v) is 5.10. The molecule has 1 aliphatic rings. The van der Waals surface area contributed by atoms with Crippen LogP contribution in [-0.2, 0) is 4.79 Å². The molecule has 1 N–H and O–H groups in total. The molecule has 0 radical (unpaired) electrons. The number of amides is 1.